The molecule has 1 N–H and O–H groups in total. The van der Waals surface area contributed by atoms with Crippen LogP contribution in [0.3, 0.4) is 0 Å². The Labute approximate surface area is 122 Å². The van der Waals surface area contributed by atoms with Crippen molar-refractivity contribution in [2.24, 2.45) is 0 Å². The van der Waals surface area contributed by atoms with Gasteiger partial charge >= 0.3 is 5.97 Å². The molecule has 0 saturated carbocycles. The fraction of sp³-hybridized carbons (Fsp3) is 0.111. The van der Waals surface area contributed by atoms with Gasteiger partial charge in [0.15, 0.2) is 0 Å². The van der Waals surface area contributed by atoms with Crippen molar-refractivity contribution in [2.75, 3.05) is 0 Å². The number of hydrogen-bond acceptors (Lipinski definition) is 2. The average Bonchev–Trinajstić information content (AvgIpc) is 2.46. The van der Waals surface area contributed by atoms with Crippen LogP contribution in [-0.2, 0) is 0 Å². The predicted molar refractivity (Wildman–Crippen MR) is 83.6 cm³/mol. The third-order valence-electron chi connectivity index (χ3n) is 3.61. The highest BCUT2D eigenvalue weighted by Crippen LogP contribution is 2.27. The standard InChI is InChI=1S/C18H15NO2/c1-11-9-15(18(20)21)5-7-16(11)13-6-8-17-14(10-13)4-3-12(2)19-17/h3-10H,1-2H3,(H,20,21). The molecule has 0 saturated heterocycles. The van der Waals surface area contributed by atoms with Crippen LogP contribution in [0.25, 0.3) is 22.0 Å². The molecule has 3 nitrogen and oxygen atoms in total. The van der Waals surface area contributed by atoms with Crippen LogP contribution >= 0.6 is 0 Å². The topological polar surface area (TPSA) is 50.2 Å². The highest BCUT2D eigenvalue weighted by Gasteiger charge is 2.08. The van der Waals surface area contributed by atoms with E-state index in [9.17, 15) is 4.79 Å². The quantitative estimate of drug-likeness (QED) is 0.763. The zero-order chi connectivity index (χ0) is 15.0. The summed E-state index contributed by atoms with van der Waals surface area (Å²) in [5.41, 5.74) is 5.35. The lowest BCUT2D eigenvalue weighted by Gasteiger charge is -2.08. The highest BCUT2D eigenvalue weighted by molar-refractivity contribution is 5.90. The first-order chi connectivity index (χ1) is 10.0. The summed E-state index contributed by atoms with van der Waals surface area (Å²) < 4.78 is 0. The van der Waals surface area contributed by atoms with Crippen molar-refractivity contribution in [1.82, 2.24) is 4.98 Å². The van der Waals surface area contributed by atoms with E-state index in [1.165, 1.54) is 0 Å². The van der Waals surface area contributed by atoms with E-state index in [0.717, 1.165) is 33.3 Å². The molecular weight excluding hydrogens is 262 g/mol. The molecule has 0 atom stereocenters. The molecule has 0 aliphatic heterocycles. The summed E-state index contributed by atoms with van der Waals surface area (Å²) in [6, 6.07) is 15.4. The number of benzene rings is 2. The van der Waals surface area contributed by atoms with E-state index in [-0.39, 0.29) is 0 Å². The van der Waals surface area contributed by atoms with Crippen molar-refractivity contribution in [3.8, 4) is 11.1 Å². The molecule has 0 amide bonds. The molecule has 3 aromatic rings. The summed E-state index contributed by atoms with van der Waals surface area (Å²) >= 11 is 0. The van der Waals surface area contributed by atoms with Crippen LogP contribution in [0.15, 0.2) is 48.5 Å². The Kier molecular flexibility index (Phi) is 3.18. The number of nitrogens with zero attached hydrogens (tertiary/aromatic N) is 1. The summed E-state index contributed by atoms with van der Waals surface area (Å²) in [4.78, 5) is 15.5. The van der Waals surface area contributed by atoms with E-state index < -0.39 is 5.97 Å². The molecule has 3 heteroatoms. The number of fused-ring (bicyclic) bond motifs is 1. The molecule has 0 fully saturated rings. The number of pyridine rings is 1. The summed E-state index contributed by atoms with van der Waals surface area (Å²) in [5, 5.41) is 10.1. The first-order valence-corrected chi connectivity index (χ1v) is 6.76. The Bertz CT molecular complexity index is 853. The number of aromatic carboxylic acids is 1. The zero-order valence-corrected chi connectivity index (χ0v) is 11.9. The van der Waals surface area contributed by atoms with Crippen molar-refractivity contribution in [1.29, 1.82) is 0 Å². The van der Waals surface area contributed by atoms with Crippen LogP contribution in [0.4, 0.5) is 0 Å². The van der Waals surface area contributed by atoms with E-state index >= 15 is 0 Å². The van der Waals surface area contributed by atoms with Gasteiger partial charge in [-0.2, -0.15) is 0 Å². The predicted octanol–water partition coefficient (Wildman–Crippen LogP) is 4.22. The van der Waals surface area contributed by atoms with E-state index in [1.54, 1.807) is 12.1 Å². The molecule has 1 aromatic heterocycles. The summed E-state index contributed by atoms with van der Waals surface area (Å²) in [5.74, 6) is -0.900. The maximum absolute atomic E-state index is 11.0. The number of carbonyl (C=O) groups is 1. The van der Waals surface area contributed by atoms with Crippen LogP contribution in [0.1, 0.15) is 21.6 Å². The van der Waals surface area contributed by atoms with E-state index in [1.807, 2.05) is 38.1 Å². The second kappa shape index (κ2) is 5.02. The molecule has 0 aliphatic rings. The molecule has 3 rings (SSSR count). The van der Waals surface area contributed by atoms with Gasteiger partial charge in [0.1, 0.15) is 0 Å². The summed E-state index contributed by atoms with van der Waals surface area (Å²) in [7, 11) is 0. The molecule has 21 heavy (non-hydrogen) atoms. The minimum atomic E-state index is -0.900. The molecule has 0 spiro atoms. The molecule has 104 valence electrons. The third-order valence-corrected chi connectivity index (χ3v) is 3.61. The minimum Gasteiger partial charge on any atom is -0.478 e. The zero-order valence-electron chi connectivity index (χ0n) is 11.9. The average molecular weight is 277 g/mol. The summed E-state index contributed by atoms with van der Waals surface area (Å²) in [6.45, 7) is 3.90. The van der Waals surface area contributed by atoms with Gasteiger partial charge in [-0.25, -0.2) is 4.79 Å². The Morgan fingerprint density at radius 2 is 1.81 bits per heavy atom. The van der Waals surface area contributed by atoms with Crippen molar-refractivity contribution in [3.05, 3.63) is 65.4 Å². The largest absolute Gasteiger partial charge is 0.478 e. The van der Waals surface area contributed by atoms with E-state index in [0.29, 0.717) is 5.56 Å². The second-order valence-electron chi connectivity index (χ2n) is 5.19. The lowest BCUT2D eigenvalue weighted by atomic mass is 9.97. The van der Waals surface area contributed by atoms with Gasteiger partial charge in [-0.15, -0.1) is 0 Å². The molecule has 2 aromatic carbocycles. The van der Waals surface area contributed by atoms with Crippen LogP contribution in [-0.4, -0.2) is 16.1 Å². The second-order valence-corrected chi connectivity index (χ2v) is 5.19. The van der Waals surface area contributed by atoms with Gasteiger partial charge in [0.05, 0.1) is 11.1 Å². The SMILES string of the molecule is Cc1ccc2cc(-c3ccc(C(=O)O)cc3C)ccc2n1. The van der Waals surface area contributed by atoms with Crippen molar-refractivity contribution in [2.45, 2.75) is 13.8 Å². The summed E-state index contributed by atoms with van der Waals surface area (Å²) in [6.07, 6.45) is 0. The van der Waals surface area contributed by atoms with Crippen molar-refractivity contribution in [3.63, 3.8) is 0 Å². The van der Waals surface area contributed by atoms with Crippen molar-refractivity contribution >= 4 is 16.9 Å². The number of hydrogen-bond donors (Lipinski definition) is 1. The Hall–Kier alpha value is -2.68. The molecule has 1 heterocycles. The smallest absolute Gasteiger partial charge is 0.335 e. The third kappa shape index (κ3) is 2.50. The molecule has 0 bridgehead atoms. The lowest BCUT2D eigenvalue weighted by molar-refractivity contribution is 0.0697. The van der Waals surface area contributed by atoms with Gasteiger partial charge in [-0.05, 0) is 60.9 Å². The monoisotopic (exact) mass is 277 g/mol. The Morgan fingerprint density at radius 1 is 1.00 bits per heavy atom. The molecule has 0 radical (unpaired) electrons. The molecule has 0 unspecified atom stereocenters. The van der Waals surface area contributed by atoms with Gasteiger partial charge in [-0.3, -0.25) is 4.98 Å². The fourth-order valence-corrected chi connectivity index (χ4v) is 2.52. The van der Waals surface area contributed by atoms with Crippen molar-refractivity contribution < 1.29 is 9.90 Å². The first kappa shape index (κ1) is 13.3. The number of aryl methyl sites for hydroxylation is 2. The van der Waals surface area contributed by atoms with Gasteiger partial charge in [0, 0.05) is 11.1 Å². The highest BCUT2D eigenvalue weighted by atomic mass is 16.4. The lowest BCUT2D eigenvalue weighted by Crippen LogP contribution is -1.97. The van der Waals surface area contributed by atoms with Gasteiger partial charge in [0.2, 0.25) is 0 Å². The van der Waals surface area contributed by atoms with E-state index in [4.69, 9.17) is 5.11 Å². The number of carboxylic acid groups (broad SMARTS) is 1. The normalized spacial score (nSPS) is 10.8. The molecular formula is C18H15NO2. The molecule has 0 aliphatic carbocycles. The number of aromatic nitrogens is 1. The Balaban J connectivity index is 2.12. The first-order valence-electron chi connectivity index (χ1n) is 6.76. The maximum Gasteiger partial charge on any atom is 0.335 e. The minimum absolute atomic E-state index is 0.314. The van der Waals surface area contributed by atoms with Gasteiger partial charge in [-0.1, -0.05) is 18.2 Å². The number of carboxylic acids is 1. The van der Waals surface area contributed by atoms with Gasteiger partial charge < -0.3 is 5.11 Å². The van der Waals surface area contributed by atoms with Crippen LogP contribution in [0.2, 0.25) is 0 Å². The van der Waals surface area contributed by atoms with Crippen LogP contribution < -0.4 is 0 Å². The van der Waals surface area contributed by atoms with Crippen LogP contribution in [0.5, 0.6) is 0 Å². The van der Waals surface area contributed by atoms with E-state index in [2.05, 4.69) is 17.1 Å². The Morgan fingerprint density at radius 3 is 2.52 bits per heavy atom. The van der Waals surface area contributed by atoms with Crippen LogP contribution in [0, 0.1) is 13.8 Å². The fourth-order valence-electron chi connectivity index (χ4n) is 2.52. The van der Waals surface area contributed by atoms with Gasteiger partial charge in [0.25, 0.3) is 0 Å². The maximum atomic E-state index is 11.0. The number of rotatable bonds is 2.